The maximum atomic E-state index is 11.7. The third-order valence-electron chi connectivity index (χ3n) is 5.37. The van der Waals surface area contributed by atoms with Gasteiger partial charge >= 0.3 is 0 Å². The molecule has 20 heavy (non-hydrogen) atoms. The average molecular weight is 281 g/mol. The summed E-state index contributed by atoms with van der Waals surface area (Å²) in [6.07, 6.45) is 13.0. The molecule has 1 saturated heterocycles. The predicted octanol–water partition coefficient (Wildman–Crippen LogP) is 3.06. The van der Waals surface area contributed by atoms with Gasteiger partial charge < -0.3 is 14.6 Å². The molecule has 0 radical (unpaired) electrons. The van der Waals surface area contributed by atoms with Gasteiger partial charge in [0.15, 0.2) is 0 Å². The molecule has 3 nitrogen and oxygen atoms in total. The lowest BCUT2D eigenvalue weighted by Gasteiger charge is -2.45. The van der Waals surface area contributed by atoms with E-state index in [1.54, 1.807) is 0 Å². The van der Waals surface area contributed by atoms with Crippen LogP contribution in [0.2, 0.25) is 0 Å². The van der Waals surface area contributed by atoms with Crippen LogP contribution in [0.3, 0.4) is 0 Å². The Hall–Kier alpha value is -0.570. The molecule has 0 aromatic carbocycles. The molecule has 1 saturated carbocycles. The van der Waals surface area contributed by atoms with Crippen LogP contribution in [-0.4, -0.2) is 19.2 Å². The number of carbonyl (C=O) groups is 1. The van der Waals surface area contributed by atoms with E-state index in [9.17, 15) is 9.90 Å². The van der Waals surface area contributed by atoms with Gasteiger partial charge in [-0.2, -0.15) is 0 Å². The van der Waals surface area contributed by atoms with Crippen LogP contribution in [0.25, 0.3) is 0 Å². The fraction of sp³-hybridized carbons (Fsp3) is 0.941. The lowest BCUT2D eigenvalue weighted by Crippen LogP contribution is -2.44. The summed E-state index contributed by atoms with van der Waals surface area (Å²) in [4.78, 5) is 11.7. The number of carboxylic acid groups (broad SMARTS) is 1. The standard InChI is InChI=1S/C17H30O3/c18-16(19)15-9-3-1-7-13-20-14-8-6-12-17(15)10-4-2-5-11-17/h15H,1-14H2,(H,18,19)/p-1. The molecule has 0 aromatic heterocycles. The van der Waals surface area contributed by atoms with Crippen LogP contribution in [0, 0.1) is 11.3 Å². The van der Waals surface area contributed by atoms with E-state index < -0.39 is 5.97 Å². The summed E-state index contributed by atoms with van der Waals surface area (Å²) in [5.41, 5.74) is 0.0241. The highest BCUT2D eigenvalue weighted by molar-refractivity contribution is 5.68. The molecule has 1 aliphatic carbocycles. The number of carboxylic acids is 1. The average Bonchev–Trinajstić information content (AvgIpc) is 2.43. The van der Waals surface area contributed by atoms with Crippen LogP contribution in [0.4, 0.5) is 0 Å². The number of rotatable bonds is 1. The monoisotopic (exact) mass is 281 g/mol. The van der Waals surface area contributed by atoms with Gasteiger partial charge in [0.05, 0.1) is 0 Å². The highest BCUT2D eigenvalue weighted by Crippen LogP contribution is 2.48. The van der Waals surface area contributed by atoms with E-state index in [4.69, 9.17) is 4.74 Å². The second-order valence-corrected chi connectivity index (χ2v) is 6.71. The van der Waals surface area contributed by atoms with E-state index in [0.29, 0.717) is 0 Å². The zero-order chi connectivity index (χ0) is 14.3. The molecular weight excluding hydrogens is 252 g/mol. The Morgan fingerprint density at radius 1 is 0.850 bits per heavy atom. The minimum atomic E-state index is -0.791. The van der Waals surface area contributed by atoms with Gasteiger partial charge in [-0.1, -0.05) is 38.5 Å². The summed E-state index contributed by atoms with van der Waals surface area (Å²) in [6.45, 7) is 1.67. The molecule has 1 aliphatic heterocycles. The summed E-state index contributed by atoms with van der Waals surface area (Å²) in [5, 5.41) is 11.7. The number of aliphatic carboxylic acids is 1. The molecule has 1 atom stereocenters. The topological polar surface area (TPSA) is 49.4 Å². The van der Waals surface area contributed by atoms with E-state index in [1.165, 1.54) is 19.3 Å². The molecule has 1 spiro atoms. The van der Waals surface area contributed by atoms with E-state index in [-0.39, 0.29) is 11.3 Å². The number of hydrogen-bond acceptors (Lipinski definition) is 3. The first-order valence-corrected chi connectivity index (χ1v) is 8.53. The van der Waals surface area contributed by atoms with Crippen LogP contribution < -0.4 is 5.11 Å². The Balaban J connectivity index is 2.07. The van der Waals surface area contributed by atoms with Gasteiger partial charge in [-0.15, -0.1) is 0 Å². The molecule has 2 fully saturated rings. The third-order valence-corrected chi connectivity index (χ3v) is 5.37. The Labute approximate surface area is 123 Å². The summed E-state index contributed by atoms with van der Waals surface area (Å²) < 4.78 is 5.63. The van der Waals surface area contributed by atoms with Crippen LogP contribution in [-0.2, 0) is 9.53 Å². The van der Waals surface area contributed by atoms with Gasteiger partial charge in [-0.05, 0) is 43.9 Å². The Bertz CT molecular complexity index is 295. The van der Waals surface area contributed by atoms with Gasteiger partial charge in [-0.3, -0.25) is 0 Å². The summed E-state index contributed by atoms with van der Waals surface area (Å²) in [7, 11) is 0. The van der Waals surface area contributed by atoms with Crippen LogP contribution >= 0.6 is 0 Å². The van der Waals surface area contributed by atoms with Crippen molar-refractivity contribution in [2.75, 3.05) is 13.2 Å². The zero-order valence-corrected chi connectivity index (χ0v) is 12.7. The first-order valence-electron chi connectivity index (χ1n) is 8.53. The smallest absolute Gasteiger partial charge is 0.0466 e. The van der Waals surface area contributed by atoms with Crippen LogP contribution in [0.1, 0.15) is 77.0 Å². The quantitative estimate of drug-likeness (QED) is 0.742. The van der Waals surface area contributed by atoms with Crippen molar-refractivity contribution >= 4 is 5.97 Å². The maximum absolute atomic E-state index is 11.7. The maximum Gasteiger partial charge on any atom is 0.0466 e. The minimum Gasteiger partial charge on any atom is -0.550 e. The number of hydrogen-bond donors (Lipinski definition) is 0. The van der Waals surface area contributed by atoms with Gasteiger partial charge in [-0.25, -0.2) is 0 Å². The molecule has 0 bridgehead atoms. The predicted molar refractivity (Wildman–Crippen MR) is 77.2 cm³/mol. The van der Waals surface area contributed by atoms with Crippen molar-refractivity contribution in [3.63, 3.8) is 0 Å². The summed E-state index contributed by atoms with van der Waals surface area (Å²) >= 11 is 0. The number of carbonyl (C=O) groups excluding carboxylic acids is 1. The first kappa shape index (κ1) is 15.8. The van der Waals surface area contributed by atoms with Crippen LogP contribution in [0.15, 0.2) is 0 Å². The third kappa shape index (κ3) is 4.21. The SMILES string of the molecule is O=C([O-])C1CCCCCOCCCCC12CCCCC2. The lowest BCUT2D eigenvalue weighted by molar-refractivity contribution is -0.316. The van der Waals surface area contributed by atoms with E-state index in [0.717, 1.165) is 71.0 Å². The molecule has 116 valence electrons. The number of ether oxygens (including phenoxy) is 1. The molecule has 2 rings (SSSR count). The van der Waals surface area contributed by atoms with E-state index in [2.05, 4.69) is 0 Å². The van der Waals surface area contributed by atoms with Gasteiger partial charge in [0.2, 0.25) is 0 Å². The molecule has 0 N–H and O–H groups in total. The van der Waals surface area contributed by atoms with Gasteiger partial charge in [0.1, 0.15) is 0 Å². The summed E-state index contributed by atoms with van der Waals surface area (Å²) in [5.74, 6) is -1.01. The van der Waals surface area contributed by atoms with Crippen molar-refractivity contribution in [2.45, 2.75) is 77.0 Å². The molecule has 2 aliphatic rings. The van der Waals surface area contributed by atoms with Gasteiger partial charge in [0, 0.05) is 25.1 Å². The van der Waals surface area contributed by atoms with Crippen molar-refractivity contribution in [3.8, 4) is 0 Å². The Kier molecular flexibility index (Phi) is 6.34. The van der Waals surface area contributed by atoms with Crippen molar-refractivity contribution in [1.29, 1.82) is 0 Å². The molecule has 0 aromatic rings. The Morgan fingerprint density at radius 3 is 2.05 bits per heavy atom. The fourth-order valence-electron chi connectivity index (χ4n) is 4.22. The molecular formula is C17H29O3-. The summed E-state index contributed by atoms with van der Waals surface area (Å²) in [6, 6.07) is 0. The van der Waals surface area contributed by atoms with Crippen molar-refractivity contribution in [2.24, 2.45) is 11.3 Å². The normalized spacial score (nSPS) is 29.3. The second-order valence-electron chi connectivity index (χ2n) is 6.71. The highest BCUT2D eigenvalue weighted by Gasteiger charge is 2.39. The largest absolute Gasteiger partial charge is 0.550 e. The van der Waals surface area contributed by atoms with Crippen LogP contribution in [0.5, 0.6) is 0 Å². The zero-order valence-electron chi connectivity index (χ0n) is 12.7. The van der Waals surface area contributed by atoms with E-state index >= 15 is 0 Å². The molecule has 1 unspecified atom stereocenters. The second kappa shape index (κ2) is 8.02. The van der Waals surface area contributed by atoms with Crippen molar-refractivity contribution in [3.05, 3.63) is 0 Å². The Morgan fingerprint density at radius 2 is 1.40 bits per heavy atom. The molecule has 1 heterocycles. The van der Waals surface area contributed by atoms with Gasteiger partial charge in [0.25, 0.3) is 0 Å². The van der Waals surface area contributed by atoms with E-state index in [1.807, 2.05) is 0 Å². The minimum absolute atomic E-state index is 0.0241. The van der Waals surface area contributed by atoms with Crippen molar-refractivity contribution in [1.82, 2.24) is 0 Å². The lowest BCUT2D eigenvalue weighted by atomic mass is 9.62. The highest BCUT2D eigenvalue weighted by atomic mass is 16.5. The van der Waals surface area contributed by atoms with Crippen molar-refractivity contribution < 1.29 is 14.6 Å². The fourth-order valence-corrected chi connectivity index (χ4v) is 4.22. The first-order chi connectivity index (χ1) is 9.75. The molecule has 3 heteroatoms. The molecule has 0 amide bonds.